The van der Waals surface area contributed by atoms with Crippen LogP contribution in [0.4, 0.5) is 0 Å². The summed E-state index contributed by atoms with van der Waals surface area (Å²) in [5, 5.41) is 7.19. The van der Waals surface area contributed by atoms with E-state index in [1.165, 1.54) is 0 Å². The average molecular weight is 230 g/mol. The summed E-state index contributed by atoms with van der Waals surface area (Å²) in [7, 11) is 0. The van der Waals surface area contributed by atoms with Crippen LogP contribution in [-0.4, -0.2) is 19.0 Å². The van der Waals surface area contributed by atoms with Crippen LogP contribution >= 0.6 is 12.4 Å². The number of ether oxygens (including phenoxy) is 1. The van der Waals surface area contributed by atoms with E-state index in [0.29, 0.717) is 18.7 Å². The zero-order valence-corrected chi connectivity index (χ0v) is 9.22. The standard InChI is InChI=1S/C10H15N3O.ClH/c11-6-1-7-14-9-4-2-8(3-5-9)10(12)13;/h2-5H,1,6-7,11H2,(H3,12,13);1H. The number of nitrogens with two attached hydrogens (primary N) is 2. The molecule has 0 radical (unpaired) electrons. The predicted octanol–water partition coefficient (Wildman–Crippen LogP) is 1.12. The average Bonchev–Trinajstić information content (AvgIpc) is 2.19. The van der Waals surface area contributed by atoms with Gasteiger partial charge in [-0.3, -0.25) is 5.41 Å². The van der Waals surface area contributed by atoms with Crippen molar-refractivity contribution in [3.8, 4) is 5.75 Å². The van der Waals surface area contributed by atoms with E-state index in [-0.39, 0.29) is 18.2 Å². The fourth-order valence-electron chi connectivity index (χ4n) is 1.00. The van der Waals surface area contributed by atoms with E-state index < -0.39 is 0 Å². The molecule has 1 aromatic carbocycles. The quantitative estimate of drug-likeness (QED) is 0.402. The van der Waals surface area contributed by atoms with Crippen molar-refractivity contribution in [3.05, 3.63) is 29.8 Å². The Balaban J connectivity index is 0.00000196. The minimum Gasteiger partial charge on any atom is -0.494 e. The molecule has 0 aliphatic heterocycles. The lowest BCUT2D eigenvalue weighted by Gasteiger charge is -2.05. The molecule has 0 aliphatic rings. The highest BCUT2D eigenvalue weighted by Gasteiger charge is 1.96. The Bertz CT molecular complexity index is 300. The first-order chi connectivity index (χ1) is 6.74. The molecule has 0 aromatic heterocycles. The van der Waals surface area contributed by atoms with Gasteiger partial charge in [0.25, 0.3) is 0 Å². The second-order valence-corrected chi connectivity index (χ2v) is 2.93. The highest BCUT2D eigenvalue weighted by molar-refractivity contribution is 5.94. The fraction of sp³-hybridized carbons (Fsp3) is 0.300. The topological polar surface area (TPSA) is 85.1 Å². The number of nitrogens with one attached hydrogen (secondary N) is 1. The number of rotatable bonds is 5. The van der Waals surface area contributed by atoms with Crippen LogP contribution in [0, 0.1) is 5.41 Å². The van der Waals surface area contributed by atoms with Gasteiger partial charge < -0.3 is 16.2 Å². The van der Waals surface area contributed by atoms with Crippen LogP contribution in [0.5, 0.6) is 5.75 Å². The first-order valence-electron chi connectivity index (χ1n) is 4.51. The molecule has 0 heterocycles. The van der Waals surface area contributed by atoms with Crippen molar-refractivity contribution in [2.45, 2.75) is 6.42 Å². The Morgan fingerprint density at radius 2 is 1.87 bits per heavy atom. The lowest BCUT2D eigenvalue weighted by molar-refractivity contribution is 0.313. The van der Waals surface area contributed by atoms with E-state index in [9.17, 15) is 0 Å². The summed E-state index contributed by atoms with van der Waals surface area (Å²) in [5.74, 6) is 0.849. The van der Waals surface area contributed by atoms with Gasteiger partial charge in [-0.05, 0) is 37.2 Å². The van der Waals surface area contributed by atoms with Crippen molar-refractivity contribution in [1.29, 1.82) is 5.41 Å². The zero-order valence-electron chi connectivity index (χ0n) is 8.40. The van der Waals surface area contributed by atoms with Gasteiger partial charge >= 0.3 is 0 Å². The maximum absolute atomic E-state index is 7.19. The molecular formula is C10H16ClN3O. The Morgan fingerprint density at radius 1 is 1.27 bits per heavy atom. The number of amidine groups is 1. The summed E-state index contributed by atoms with van der Waals surface area (Å²) >= 11 is 0. The van der Waals surface area contributed by atoms with Crippen LogP contribution < -0.4 is 16.2 Å². The van der Waals surface area contributed by atoms with E-state index in [2.05, 4.69) is 0 Å². The van der Waals surface area contributed by atoms with Gasteiger partial charge in [0, 0.05) is 5.56 Å². The van der Waals surface area contributed by atoms with Crippen LogP contribution in [0.2, 0.25) is 0 Å². The minimum absolute atomic E-state index is 0. The maximum Gasteiger partial charge on any atom is 0.122 e. The van der Waals surface area contributed by atoms with Crippen LogP contribution in [0.3, 0.4) is 0 Å². The number of nitrogen functional groups attached to an aromatic ring is 1. The Morgan fingerprint density at radius 3 is 2.33 bits per heavy atom. The van der Waals surface area contributed by atoms with Crippen molar-refractivity contribution in [2.75, 3.05) is 13.2 Å². The molecule has 0 unspecified atom stereocenters. The highest BCUT2D eigenvalue weighted by Crippen LogP contribution is 2.11. The normalized spacial score (nSPS) is 9.13. The molecule has 15 heavy (non-hydrogen) atoms. The molecule has 0 fully saturated rings. The summed E-state index contributed by atoms with van der Waals surface area (Å²) in [5.41, 5.74) is 11.3. The lowest BCUT2D eigenvalue weighted by atomic mass is 10.2. The third-order valence-electron chi connectivity index (χ3n) is 1.78. The van der Waals surface area contributed by atoms with E-state index in [4.69, 9.17) is 21.6 Å². The van der Waals surface area contributed by atoms with Gasteiger partial charge in [0.1, 0.15) is 11.6 Å². The van der Waals surface area contributed by atoms with Gasteiger partial charge in [0.2, 0.25) is 0 Å². The SMILES string of the molecule is Cl.N=C(N)c1ccc(OCCCN)cc1. The van der Waals surface area contributed by atoms with Crippen molar-refractivity contribution < 1.29 is 4.74 Å². The molecule has 5 N–H and O–H groups in total. The summed E-state index contributed by atoms with van der Waals surface area (Å²) in [6.45, 7) is 1.25. The van der Waals surface area contributed by atoms with Gasteiger partial charge in [-0.1, -0.05) is 0 Å². The first kappa shape index (κ1) is 13.7. The molecular weight excluding hydrogens is 214 g/mol. The van der Waals surface area contributed by atoms with E-state index in [0.717, 1.165) is 12.2 Å². The number of halogens is 1. The smallest absolute Gasteiger partial charge is 0.122 e. The lowest BCUT2D eigenvalue weighted by Crippen LogP contribution is -2.10. The molecule has 1 aromatic rings. The summed E-state index contributed by atoms with van der Waals surface area (Å²) in [6.07, 6.45) is 0.842. The van der Waals surface area contributed by atoms with Gasteiger partial charge in [-0.25, -0.2) is 0 Å². The largest absolute Gasteiger partial charge is 0.494 e. The molecule has 1 rings (SSSR count). The molecule has 0 amide bonds. The Labute approximate surface area is 95.5 Å². The van der Waals surface area contributed by atoms with Crippen LogP contribution in [0.1, 0.15) is 12.0 Å². The second-order valence-electron chi connectivity index (χ2n) is 2.93. The molecule has 0 atom stereocenters. The third-order valence-corrected chi connectivity index (χ3v) is 1.78. The van der Waals surface area contributed by atoms with Crippen molar-refractivity contribution in [2.24, 2.45) is 11.5 Å². The fourth-order valence-corrected chi connectivity index (χ4v) is 1.00. The highest BCUT2D eigenvalue weighted by atomic mass is 35.5. The zero-order chi connectivity index (χ0) is 10.4. The molecule has 0 aliphatic carbocycles. The number of hydrogen-bond donors (Lipinski definition) is 3. The van der Waals surface area contributed by atoms with Gasteiger partial charge in [0.15, 0.2) is 0 Å². The molecule has 0 saturated carbocycles. The predicted molar refractivity (Wildman–Crippen MR) is 63.9 cm³/mol. The monoisotopic (exact) mass is 229 g/mol. The van der Waals surface area contributed by atoms with Crippen molar-refractivity contribution in [1.82, 2.24) is 0 Å². The molecule has 0 bridgehead atoms. The van der Waals surface area contributed by atoms with E-state index in [1.54, 1.807) is 24.3 Å². The van der Waals surface area contributed by atoms with Gasteiger partial charge in [-0.15, -0.1) is 12.4 Å². The van der Waals surface area contributed by atoms with Gasteiger partial charge in [-0.2, -0.15) is 0 Å². The van der Waals surface area contributed by atoms with Crippen LogP contribution in [-0.2, 0) is 0 Å². The Hall–Kier alpha value is -1.26. The first-order valence-corrected chi connectivity index (χ1v) is 4.51. The van der Waals surface area contributed by atoms with E-state index in [1.807, 2.05) is 0 Å². The molecule has 0 spiro atoms. The molecule has 0 saturated heterocycles. The summed E-state index contributed by atoms with van der Waals surface area (Å²) < 4.78 is 5.39. The molecule has 84 valence electrons. The maximum atomic E-state index is 7.19. The van der Waals surface area contributed by atoms with Gasteiger partial charge in [0.05, 0.1) is 6.61 Å². The van der Waals surface area contributed by atoms with Crippen molar-refractivity contribution in [3.63, 3.8) is 0 Å². The summed E-state index contributed by atoms with van der Waals surface area (Å²) in [4.78, 5) is 0. The Kier molecular flexibility index (Phi) is 6.49. The van der Waals surface area contributed by atoms with E-state index >= 15 is 0 Å². The number of hydrogen-bond acceptors (Lipinski definition) is 3. The summed E-state index contributed by atoms with van der Waals surface area (Å²) in [6, 6.07) is 7.13. The van der Waals surface area contributed by atoms with Crippen LogP contribution in [0.25, 0.3) is 0 Å². The third kappa shape index (κ3) is 4.67. The minimum atomic E-state index is 0. The molecule has 4 nitrogen and oxygen atoms in total. The molecule has 5 heteroatoms. The second kappa shape index (κ2) is 7.09. The number of benzene rings is 1. The van der Waals surface area contributed by atoms with Crippen LogP contribution in [0.15, 0.2) is 24.3 Å². The van der Waals surface area contributed by atoms with Crippen molar-refractivity contribution >= 4 is 18.2 Å².